The number of fused-ring (bicyclic) bond motifs is 3. The fourth-order valence-electron chi connectivity index (χ4n) is 8.58. The van der Waals surface area contributed by atoms with Crippen molar-refractivity contribution in [3.05, 3.63) is 230 Å². The van der Waals surface area contributed by atoms with Crippen molar-refractivity contribution in [3.8, 4) is 67.5 Å². The minimum atomic E-state index is 0.620. The molecule has 0 bridgehead atoms. The van der Waals surface area contributed by atoms with Gasteiger partial charge in [0.1, 0.15) is 0 Å². The minimum Gasteiger partial charge on any atom is -0.310 e. The summed E-state index contributed by atoms with van der Waals surface area (Å²) in [6.07, 6.45) is 0. The molecule has 298 valence electrons. The third kappa shape index (κ3) is 7.35. The number of hydrogen-bond donors (Lipinski definition) is 0. The molecule has 0 saturated carbocycles. The van der Waals surface area contributed by atoms with E-state index >= 15 is 0 Å². The van der Waals surface area contributed by atoms with Gasteiger partial charge in [-0.2, -0.15) is 0 Å². The summed E-state index contributed by atoms with van der Waals surface area (Å²) < 4.78 is 2.44. The highest BCUT2D eigenvalue weighted by Crippen LogP contribution is 2.46. The summed E-state index contributed by atoms with van der Waals surface area (Å²) in [5.41, 5.74) is 14.2. The average molecular weight is 825 g/mol. The molecule has 11 aromatic rings. The molecule has 0 fully saturated rings. The summed E-state index contributed by atoms with van der Waals surface area (Å²) in [6.45, 7) is 2.18. The van der Waals surface area contributed by atoms with Crippen molar-refractivity contribution in [3.63, 3.8) is 0 Å². The zero-order valence-electron chi connectivity index (χ0n) is 34.6. The first-order valence-electron chi connectivity index (χ1n) is 21.2. The first-order valence-corrected chi connectivity index (χ1v) is 22.0. The molecule has 2 heterocycles. The third-order valence-corrected chi connectivity index (χ3v) is 12.8. The Labute approximate surface area is 371 Å². The van der Waals surface area contributed by atoms with Crippen LogP contribution in [0.4, 0.5) is 17.1 Å². The van der Waals surface area contributed by atoms with Gasteiger partial charge in [0.25, 0.3) is 0 Å². The summed E-state index contributed by atoms with van der Waals surface area (Å²) in [6, 6.07) is 79.3. The number of anilines is 3. The highest BCUT2D eigenvalue weighted by Gasteiger charge is 2.21. The van der Waals surface area contributed by atoms with E-state index in [0.717, 1.165) is 56.0 Å². The van der Waals surface area contributed by atoms with Gasteiger partial charge >= 0.3 is 0 Å². The molecule has 2 aromatic heterocycles. The molecule has 5 heteroatoms. The normalized spacial score (nSPS) is 11.3. The maximum Gasteiger partial charge on any atom is 0.164 e. The maximum atomic E-state index is 5.29. The summed E-state index contributed by atoms with van der Waals surface area (Å²) in [5, 5.41) is 2.43. The van der Waals surface area contributed by atoms with Crippen LogP contribution in [0.15, 0.2) is 224 Å². The van der Waals surface area contributed by atoms with E-state index in [1.165, 1.54) is 36.9 Å². The third-order valence-electron chi connectivity index (χ3n) is 11.7. The number of hydrogen-bond acceptors (Lipinski definition) is 5. The zero-order chi connectivity index (χ0) is 42.1. The first kappa shape index (κ1) is 38.0. The molecule has 63 heavy (non-hydrogen) atoms. The molecule has 0 N–H and O–H groups in total. The fourth-order valence-corrected chi connectivity index (χ4v) is 9.74. The Hall–Kier alpha value is -7.99. The van der Waals surface area contributed by atoms with E-state index in [0.29, 0.717) is 17.5 Å². The van der Waals surface area contributed by atoms with Gasteiger partial charge in [0.05, 0.1) is 0 Å². The van der Waals surface area contributed by atoms with E-state index in [1.807, 2.05) is 47.7 Å². The lowest BCUT2D eigenvalue weighted by Crippen LogP contribution is -2.10. The molecular weight excluding hydrogens is 785 g/mol. The monoisotopic (exact) mass is 824 g/mol. The van der Waals surface area contributed by atoms with Crippen molar-refractivity contribution in [2.45, 2.75) is 6.92 Å². The summed E-state index contributed by atoms with van der Waals surface area (Å²) in [5.74, 6) is 1.88. The Balaban J connectivity index is 1.12. The number of para-hydroxylation sites is 2. The van der Waals surface area contributed by atoms with E-state index in [1.54, 1.807) is 0 Å². The largest absolute Gasteiger partial charge is 0.310 e. The molecule has 0 atom stereocenters. The van der Waals surface area contributed by atoms with Crippen LogP contribution in [0.1, 0.15) is 5.56 Å². The minimum absolute atomic E-state index is 0.620. The molecular formula is C58H40N4S. The Bertz CT molecular complexity index is 3340. The van der Waals surface area contributed by atoms with Gasteiger partial charge < -0.3 is 4.90 Å². The van der Waals surface area contributed by atoms with Gasteiger partial charge in [0.2, 0.25) is 0 Å². The fraction of sp³-hybridized carbons (Fsp3) is 0.0172. The molecule has 0 aliphatic carbocycles. The van der Waals surface area contributed by atoms with Crippen molar-refractivity contribution in [2.75, 3.05) is 4.90 Å². The van der Waals surface area contributed by atoms with Crippen LogP contribution >= 0.6 is 11.3 Å². The van der Waals surface area contributed by atoms with Crippen LogP contribution in [-0.4, -0.2) is 15.0 Å². The topological polar surface area (TPSA) is 41.9 Å². The summed E-state index contributed by atoms with van der Waals surface area (Å²) in [7, 11) is 0. The molecule has 0 saturated heterocycles. The van der Waals surface area contributed by atoms with E-state index in [4.69, 9.17) is 15.0 Å². The van der Waals surface area contributed by atoms with E-state index in [9.17, 15) is 0 Å². The van der Waals surface area contributed by atoms with Crippen LogP contribution < -0.4 is 4.90 Å². The second-order valence-corrected chi connectivity index (χ2v) is 16.7. The molecule has 0 unspecified atom stereocenters. The standard InChI is InChI=1S/C58H40N4S/c1-39-18-14-15-30-52(39)62(46-27-12-5-13-28-46)47-33-35-50-54(38-47)63-53-31-17-29-49(55(50)53)48-34-32-45(44-26-16-25-43(36-44)40-19-6-2-7-20-40)37-51(48)58-60-56(41-21-8-3-9-22-41)59-57(61-58)42-23-10-4-11-24-42/h2-38H,1H3. The van der Waals surface area contributed by atoms with Crippen LogP contribution in [0.5, 0.6) is 0 Å². The van der Waals surface area contributed by atoms with E-state index in [-0.39, 0.29) is 0 Å². The second-order valence-electron chi connectivity index (χ2n) is 15.7. The van der Waals surface area contributed by atoms with Gasteiger partial charge in [-0.1, -0.05) is 176 Å². The van der Waals surface area contributed by atoms with Gasteiger partial charge in [-0.25, -0.2) is 15.0 Å². The van der Waals surface area contributed by atoms with Gasteiger partial charge in [0, 0.05) is 53.9 Å². The molecule has 0 aliphatic rings. The van der Waals surface area contributed by atoms with Gasteiger partial charge in [-0.3, -0.25) is 0 Å². The first-order chi connectivity index (χ1) is 31.1. The molecule has 11 rings (SSSR count). The molecule has 0 spiro atoms. The van der Waals surface area contributed by atoms with Crippen LogP contribution in [0, 0.1) is 6.92 Å². The number of aryl methyl sites for hydroxylation is 1. The van der Waals surface area contributed by atoms with Gasteiger partial charge in [-0.05, 0) is 94.4 Å². The molecule has 9 aromatic carbocycles. The second kappa shape index (κ2) is 16.5. The number of rotatable bonds is 9. The number of aromatic nitrogens is 3. The van der Waals surface area contributed by atoms with Gasteiger partial charge in [0.15, 0.2) is 17.5 Å². The predicted molar refractivity (Wildman–Crippen MR) is 265 cm³/mol. The van der Waals surface area contributed by atoms with Crippen LogP contribution in [0.25, 0.3) is 87.7 Å². The van der Waals surface area contributed by atoms with Crippen molar-refractivity contribution >= 4 is 48.6 Å². The Morgan fingerprint density at radius 3 is 1.59 bits per heavy atom. The van der Waals surface area contributed by atoms with Crippen molar-refractivity contribution in [2.24, 2.45) is 0 Å². The Morgan fingerprint density at radius 2 is 0.905 bits per heavy atom. The molecule has 0 radical (unpaired) electrons. The SMILES string of the molecule is Cc1ccccc1N(c1ccccc1)c1ccc2c(c1)sc1cccc(-c3ccc(-c4cccc(-c5ccccc5)c4)cc3-c3nc(-c4ccccc4)nc(-c4ccccc4)n3)c12. The van der Waals surface area contributed by atoms with Gasteiger partial charge in [-0.15, -0.1) is 11.3 Å². The smallest absolute Gasteiger partial charge is 0.164 e. The Kier molecular flexibility index (Phi) is 9.92. The lowest BCUT2D eigenvalue weighted by atomic mass is 9.91. The quantitative estimate of drug-likeness (QED) is 0.145. The number of thiophene rings is 1. The van der Waals surface area contributed by atoms with Crippen LogP contribution in [0.2, 0.25) is 0 Å². The molecule has 4 nitrogen and oxygen atoms in total. The van der Waals surface area contributed by atoms with Crippen LogP contribution in [-0.2, 0) is 0 Å². The lowest BCUT2D eigenvalue weighted by molar-refractivity contribution is 1.07. The number of nitrogens with zero attached hydrogens (tertiary/aromatic N) is 4. The highest BCUT2D eigenvalue weighted by molar-refractivity contribution is 7.26. The van der Waals surface area contributed by atoms with Crippen molar-refractivity contribution in [1.82, 2.24) is 15.0 Å². The van der Waals surface area contributed by atoms with E-state index in [2.05, 4.69) is 200 Å². The molecule has 0 aliphatic heterocycles. The Morgan fingerprint density at radius 1 is 0.349 bits per heavy atom. The molecule has 0 amide bonds. The van der Waals surface area contributed by atoms with Crippen molar-refractivity contribution in [1.29, 1.82) is 0 Å². The van der Waals surface area contributed by atoms with Crippen molar-refractivity contribution < 1.29 is 0 Å². The highest BCUT2D eigenvalue weighted by atomic mass is 32.1. The zero-order valence-corrected chi connectivity index (χ0v) is 35.4. The summed E-state index contributed by atoms with van der Waals surface area (Å²) in [4.78, 5) is 18.0. The predicted octanol–water partition coefficient (Wildman–Crippen LogP) is 16.0. The summed E-state index contributed by atoms with van der Waals surface area (Å²) >= 11 is 1.83. The van der Waals surface area contributed by atoms with Crippen LogP contribution in [0.3, 0.4) is 0 Å². The maximum absolute atomic E-state index is 5.29. The average Bonchev–Trinajstić information content (AvgIpc) is 3.74. The van der Waals surface area contributed by atoms with E-state index < -0.39 is 0 Å². The lowest BCUT2D eigenvalue weighted by Gasteiger charge is -2.27. The number of benzene rings is 9.